The van der Waals surface area contributed by atoms with E-state index in [1.54, 1.807) is 10.4 Å². The Morgan fingerprint density at radius 3 is 2.97 bits per heavy atom. The van der Waals surface area contributed by atoms with Gasteiger partial charge in [-0.25, -0.2) is 15.0 Å². The standard InChI is InChI=1S/C17H17F3N6O2S/c18-17(19,20)13-4-14(23-9-22-13)26-3-1-2-16(8-26)5-12(25-28-16)15(27)21-6-11-7-29-10-24-11/h4,7,9-10H,1-3,5-6,8H2,(H,21,27). The maximum atomic E-state index is 12.9. The zero-order valence-electron chi connectivity index (χ0n) is 15.1. The maximum Gasteiger partial charge on any atom is 0.433 e. The number of halogens is 3. The third-order valence-electron chi connectivity index (χ3n) is 4.82. The Morgan fingerprint density at radius 2 is 2.21 bits per heavy atom. The van der Waals surface area contributed by atoms with Crippen LogP contribution in [0.25, 0.3) is 0 Å². The van der Waals surface area contributed by atoms with Gasteiger partial charge >= 0.3 is 6.18 Å². The minimum Gasteiger partial charge on any atom is -0.386 e. The van der Waals surface area contributed by atoms with Crippen molar-refractivity contribution in [3.63, 3.8) is 0 Å². The highest BCUT2D eigenvalue weighted by atomic mass is 32.1. The van der Waals surface area contributed by atoms with E-state index in [0.29, 0.717) is 25.9 Å². The molecular weight excluding hydrogens is 409 g/mol. The van der Waals surface area contributed by atoms with Crippen LogP contribution >= 0.6 is 11.3 Å². The predicted molar refractivity (Wildman–Crippen MR) is 98.3 cm³/mol. The van der Waals surface area contributed by atoms with E-state index in [1.807, 2.05) is 5.38 Å². The lowest BCUT2D eigenvalue weighted by Crippen LogP contribution is -2.49. The van der Waals surface area contributed by atoms with Crippen LogP contribution in [-0.2, 0) is 22.4 Å². The van der Waals surface area contributed by atoms with Crippen molar-refractivity contribution in [3.8, 4) is 0 Å². The van der Waals surface area contributed by atoms with Crippen molar-refractivity contribution >= 4 is 28.8 Å². The van der Waals surface area contributed by atoms with Gasteiger partial charge in [-0.15, -0.1) is 11.3 Å². The van der Waals surface area contributed by atoms with Gasteiger partial charge in [0.2, 0.25) is 0 Å². The first-order valence-corrected chi connectivity index (χ1v) is 9.83. The van der Waals surface area contributed by atoms with E-state index in [9.17, 15) is 18.0 Å². The molecule has 1 atom stereocenters. The Morgan fingerprint density at radius 1 is 1.34 bits per heavy atom. The highest BCUT2D eigenvalue weighted by molar-refractivity contribution is 7.07. The molecule has 12 heteroatoms. The first-order chi connectivity index (χ1) is 13.8. The van der Waals surface area contributed by atoms with Crippen LogP contribution in [0.1, 0.15) is 30.7 Å². The van der Waals surface area contributed by atoms with Crippen molar-refractivity contribution in [2.45, 2.75) is 37.6 Å². The van der Waals surface area contributed by atoms with Gasteiger partial charge in [-0.1, -0.05) is 5.16 Å². The van der Waals surface area contributed by atoms with Crippen LogP contribution in [0.4, 0.5) is 19.0 Å². The van der Waals surface area contributed by atoms with E-state index in [-0.39, 0.29) is 30.4 Å². The zero-order chi connectivity index (χ0) is 20.5. The molecule has 1 saturated heterocycles. The lowest BCUT2D eigenvalue weighted by molar-refractivity contribution is -0.141. The van der Waals surface area contributed by atoms with Crippen molar-refractivity contribution in [2.24, 2.45) is 5.16 Å². The van der Waals surface area contributed by atoms with Gasteiger partial charge in [-0.05, 0) is 12.8 Å². The summed E-state index contributed by atoms with van der Waals surface area (Å²) < 4.78 is 38.8. The molecule has 1 N–H and O–H groups in total. The number of nitrogens with one attached hydrogen (secondary N) is 1. The summed E-state index contributed by atoms with van der Waals surface area (Å²) in [5.74, 6) is -0.162. The topological polar surface area (TPSA) is 92.6 Å². The number of piperidine rings is 1. The fraction of sp³-hybridized carbons (Fsp3) is 0.471. The Hall–Kier alpha value is -2.76. The Bertz CT molecular complexity index is 920. The lowest BCUT2D eigenvalue weighted by atomic mass is 9.88. The normalized spacial score (nSPS) is 21.8. The van der Waals surface area contributed by atoms with Crippen LogP contribution in [0.5, 0.6) is 0 Å². The molecule has 2 aromatic heterocycles. The molecule has 0 radical (unpaired) electrons. The third kappa shape index (κ3) is 4.31. The Kier molecular flexibility index (Phi) is 5.11. The number of anilines is 1. The molecule has 1 unspecified atom stereocenters. The SMILES string of the molecule is O=C(NCc1cscn1)C1=NOC2(CCCN(c3cc(C(F)(F)F)ncn3)C2)C1. The number of thiazole rings is 1. The van der Waals surface area contributed by atoms with Gasteiger partial charge in [0.25, 0.3) is 5.91 Å². The van der Waals surface area contributed by atoms with Crippen molar-refractivity contribution < 1.29 is 22.8 Å². The summed E-state index contributed by atoms with van der Waals surface area (Å²) >= 11 is 1.44. The van der Waals surface area contributed by atoms with E-state index < -0.39 is 17.5 Å². The summed E-state index contributed by atoms with van der Waals surface area (Å²) in [6.07, 6.45) is -2.03. The molecule has 1 spiro atoms. The molecule has 0 saturated carbocycles. The second-order valence-corrected chi connectivity index (χ2v) is 7.65. The fourth-order valence-corrected chi connectivity index (χ4v) is 3.99. The number of alkyl halides is 3. The molecule has 0 aliphatic carbocycles. The molecule has 4 rings (SSSR count). The highest BCUT2D eigenvalue weighted by Crippen LogP contribution is 2.36. The minimum atomic E-state index is -4.54. The van der Waals surface area contributed by atoms with Gasteiger partial charge in [0.05, 0.1) is 24.3 Å². The first kappa shape index (κ1) is 19.6. The van der Waals surface area contributed by atoms with Gasteiger partial charge in [0, 0.05) is 24.4 Å². The number of aromatic nitrogens is 3. The van der Waals surface area contributed by atoms with Crippen LogP contribution in [0.2, 0.25) is 0 Å². The Labute approximate surface area is 167 Å². The van der Waals surface area contributed by atoms with E-state index in [0.717, 1.165) is 18.1 Å². The van der Waals surface area contributed by atoms with Gasteiger partial charge in [0.15, 0.2) is 5.60 Å². The average Bonchev–Trinajstić information content (AvgIpc) is 3.36. The molecule has 1 amide bonds. The predicted octanol–water partition coefficient (Wildman–Crippen LogP) is 2.38. The van der Waals surface area contributed by atoms with E-state index >= 15 is 0 Å². The van der Waals surface area contributed by atoms with Crippen LogP contribution in [0, 0.1) is 0 Å². The molecule has 2 aliphatic rings. The van der Waals surface area contributed by atoms with Crippen molar-refractivity contribution in [1.82, 2.24) is 20.3 Å². The molecule has 2 aliphatic heterocycles. The smallest absolute Gasteiger partial charge is 0.386 e. The third-order valence-corrected chi connectivity index (χ3v) is 5.46. The molecule has 0 bridgehead atoms. The summed E-state index contributed by atoms with van der Waals surface area (Å²) in [5.41, 5.74) is 0.953. The number of carbonyl (C=O) groups is 1. The zero-order valence-corrected chi connectivity index (χ0v) is 16.0. The second kappa shape index (κ2) is 7.58. The van der Waals surface area contributed by atoms with Gasteiger partial charge in [-0.3, -0.25) is 4.79 Å². The molecule has 154 valence electrons. The summed E-state index contributed by atoms with van der Waals surface area (Å²) in [6, 6.07) is 0.927. The average molecular weight is 426 g/mol. The summed E-state index contributed by atoms with van der Waals surface area (Å²) in [6.45, 7) is 1.11. The number of oxime groups is 1. The molecule has 2 aromatic rings. The molecule has 4 heterocycles. The van der Waals surface area contributed by atoms with Gasteiger partial charge in [0.1, 0.15) is 23.6 Å². The minimum absolute atomic E-state index is 0.177. The van der Waals surface area contributed by atoms with Crippen molar-refractivity contribution in [1.29, 1.82) is 0 Å². The molecule has 29 heavy (non-hydrogen) atoms. The summed E-state index contributed by atoms with van der Waals surface area (Å²) in [5, 5.41) is 8.53. The van der Waals surface area contributed by atoms with E-state index in [1.165, 1.54) is 11.3 Å². The summed E-state index contributed by atoms with van der Waals surface area (Å²) in [4.78, 5) is 31.1. The Balaban J connectivity index is 1.40. The number of rotatable bonds is 4. The van der Waals surface area contributed by atoms with Crippen molar-refractivity contribution in [2.75, 3.05) is 18.0 Å². The second-order valence-electron chi connectivity index (χ2n) is 6.94. The largest absolute Gasteiger partial charge is 0.433 e. The molecular formula is C17H17F3N6O2S. The van der Waals surface area contributed by atoms with Crippen LogP contribution in [0.3, 0.4) is 0 Å². The summed E-state index contributed by atoms with van der Waals surface area (Å²) in [7, 11) is 0. The van der Waals surface area contributed by atoms with E-state index in [4.69, 9.17) is 4.84 Å². The number of carbonyl (C=O) groups excluding carboxylic acids is 1. The lowest BCUT2D eigenvalue weighted by Gasteiger charge is -2.38. The highest BCUT2D eigenvalue weighted by Gasteiger charge is 2.45. The molecule has 0 aromatic carbocycles. The quantitative estimate of drug-likeness (QED) is 0.807. The van der Waals surface area contributed by atoms with Crippen LogP contribution in [0.15, 0.2) is 28.4 Å². The number of amides is 1. The number of nitrogens with zero attached hydrogens (tertiary/aromatic N) is 5. The maximum absolute atomic E-state index is 12.9. The van der Waals surface area contributed by atoms with Crippen LogP contribution in [-0.4, -0.2) is 45.3 Å². The van der Waals surface area contributed by atoms with E-state index in [2.05, 4.69) is 25.4 Å². The van der Waals surface area contributed by atoms with Gasteiger partial charge in [-0.2, -0.15) is 13.2 Å². The fourth-order valence-electron chi connectivity index (χ4n) is 3.43. The van der Waals surface area contributed by atoms with Gasteiger partial charge < -0.3 is 15.1 Å². The molecule has 8 nitrogen and oxygen atoms in total. The number of hydrogen-bond acceptors (Lipinski definition) is 8. The monoisotopic (exact) mass is 426 g/mol. The number of hydrogen-bond donors (Lipinski definition) is 1. The first-order valence-electron chi connectivity index (χ1n) is 8.89. The van der Waals surface area contributed by atoms with Crippen LogP contribution < -0.4 is 10.2 Å². The molecule has 1 fully saturated rings. The van der Waals surface area contributed by atoms with Crippen molar-refractivity contribution in [3.05, 3.63) is 34.7 Å².